The third-order valence-electron chi connectivity index (χ3n) is 3.33. The minimum absolute atomic E-state index is 0.266. The summed E-state index contributed by atoms with van der Waals surface area (Å²) >= 11 is 1.43. The molecule has 1 aromatic heterocycles. The van der Waals surface area contributed by atoms with Crippen molar-refractivity contribution in [1.82, 2.24) is 4.98 Å². The zero-order valence-corrected chi connectivity index (χ0v) is 13.4. The lowest BCUT2D eigenvalue weighted by molar-refractivity contribution is 0.0600. The number of aryl methyl sites for hydroxylation is 1. The fourth-order valence-electron chi connectivity index (χ4n) is 2.13. The number of ether oxygens (including phenoxy) is 1. The molecule has 1 N–H and O–H groups in total. The molecule has 0 unspecified atom stereocenters. The van der Waals surface area contributed by atoms with Gasteiger partial charge in [0, 0.05) is 5.56 Å². The zero-order valence-electron chi connectivity index (χ0n) is 12.6. The van der Waals surface area contributed by atoms with Crippen molar-refractivity contribution >= 4 is 38.6 Å². The van der Waals surface area contributed by atoms with E-state index in [0.717, 1.165) is 15.8 Å². The molecule has 0 saturated carbocycles. The van der Waals surface area contributed by atoms with E-state index in [-0.39, 0.29) is 5.91 Å². The third kappa shape index (κ3) is 3.22. The Labute approximate surface area is 136 Å². The maximum atomic E-state index is 12.2. The fraction of sp³-hybridized carbons (Fsp3) is 0.118. The van der Waals surface area contributed by atoms with Gasteiger partial charge >= 0.3 is 5.97 Å². The molecule has 2 aromatic carbocycles. The van der Waals surface area contributed by atoms with E-state index >= 15 is 0 Å². The molecule has 5 nitrogen and oxygen atoms in total. The van der Waals surface area contributed by atoms with Crippen molar-refractivity contribution in [2.45, 2.75) is 6.92 Å². The summed E-state index contributed by atoms with van der Waals surface area (Å²) in [6.07, 6.45) is 0. The number of hydrogen-bond donors (Lipinski definition) is 1. The van der Waals surface area contributed by atoms with Crippen LogP contribution in [0, 0.1) is 6.92 Å². The molecule has 0 saturated heterocycles. The predicted octanol–water partition coefficient (Wildman–Crippen LogP) is 3.64. The molecule has 0 aliphatic rings. The minimum Gasteiger partial charge on any atom is -0.465 e. The number of hydrogen-bond acceptors (Lipinski definition) is 5. The number of fused-ring (bicyclic) bond motifs is 1. The average molecular weight is 326 g/mol. The fourth-order valence-corrected chi connectivity index (χ4v) is 3.09. The topological polar surface area (TPSA) is 68.3 Å². The average Bonchev–Trinajstić information content (AvgIpc) is 2.95. The van der Waals surface area contributed by atoms with Crippen molar-refractivity contribution in [3.63, 3.8) is 0 Å². The monoisotopic (exact) mass is 326 g/mol. The van der Waals surface area contributed by atoms with Gasteiger partial charge in [-0.1, -0.05) is 17.4 Å². The van der Waals surface area contributed by atoms with Crippen molar-refractivity contribution in [1.29, 1.82) is 0 Å². The van der Waals surface area contributed by atoms with Crippen LogP contribution in [0.1, 0.15) is 26.3 Å². The number of rotatable bonds is 3. The van der Waals surface area contributed by atoms with Crippen molar-refractivity contribution in [2.75, 3.05) is 12.4 Å². The van der Waals surface area contributed by atoms with Crippen LogP contribution in [-0.4, -0.2) is 24.0 Å². The van der Waals surface area contributed by atoms with Crippen LogP contribution in [0.25, 0.3) is 10.2 Å². The second kappa shape index (κ2) is 6.18. The number of thiazole rings is 1. The maximum absolute atomic E-state index is 12.2. The first-order valence-corrected chi connectivity index (χ1v) is 7.75. The lowest BCUT2D eigenvalue weighted by Gasteiger charge is -2.03. The van der Waals surface area contributed by atoms with Gasteiger partial charge in [-0.05, 0) is 48.9 Å². The van der Waals surface area contributed by atoms with Gasteiger partial charge < -0.3 is 4.74 Å². The number of carbonyl (C=O) groups is 2. The van der Waals surface area contributed by atoms with Crippen LogP contribution in [0.2, 0.25) is 0 Å². The standard InChI is InChI=1S/C17H14N2O3S/c1-10-3-8-13-14(9-10)23-17(18-13)19-15(20)11-4-6-12(7-5-11)16(21)22-2/h3-9H,1-2H3,(H,18,19,20). The minimum atomic E-state index is -0.432. The number of nitrogens with one attached hydrogen (secondary N) is 1. The summed E-state index contributed by atoms with van der Waals surface area (Å²) in [6.45, 7) is 2.01. The van der Waals surface area contributed by atoms with Gasteiger partial charge in [-0.3, -0.25) is 10.1 Å². The molecular formula is C17H14N2O3S. The molecule has 0 bridgehead atoms. The van der Waals surface area contributed by atoms with Crippen molar-refractivity contribution in [2.24, 2.45) is 0 Å². The van der Waals surface area contributed by atoms with Gasteiger partial charge in [0.2, 0.25) is 0 Å². The number of aromatic nitrogens is 1. The molecule has 3 aromatic rings. The highest BCUT2D eigenvalue weighted by Gasteiger charge is 2.11. The Kier molecular flexibility index (Phi) is 4.08. The van der Waals surface area contributed by atoms with E-state index in [1.54, 1.807) is 24.3 Å². The second-order valence-electron chi connectivity index (χ2n) is 5.01. The maximum Gasteiger partial charge on any atom is 0.337 e. The molecule has 1 heterocycles. The van der Waals surface area contributed by atoms with Gasteiger partial charge in [0.15, 0.2) is 5.13 Å². The summed E-state index contributed by atoms with van der Waals surface area (Å²) in [5.74, 6) is -0.698. The van der Waals surface area contributed by atoms with Crippen LogP contribution in [0.3, 0.4) is 0 Å². The van der Waals surface area contributed by atoms with E-state index < -0.39 is 5.97 Å². The van der Waals surface area contributed by atoms with Crippen LogP contribution in [-0.2, 0) is 4.74 Å². The van der Waals surface area contributed by atoms with Crippen LogP contribution in [0.5, 0.6) is 0 Å². The number of benzene rings is 2. The Hall–Kier alpha value is -2.73. The van der Waals surface area contributed by atoms with Crippen molar-refractivity contribution < 1.29 is 14.3 Å². The summed E-state index contributed by atoms with van der Waals surface area (Å²) in [7, 11) is 1.32. The molecule has 0 aliphatic carbocycles. The molecular weight excluding hydrogens is 312 g/mol. The van der Waals surface area contributed by atoms with Gasteiger partial charge in [0.25, 0.3) is 5.91 Å². The molecule has 3 rings (SSSR count). The summed E-state index contributed by atoms with van der Waals surface area (Å²) in [5, 5.41) is 3.33. The number of nitrogens with zero attached hydrogens (tertiary/aromatic N) is 1. The number of esters is 1. The van der Waals surface area contributed by atoms with Gasteiger partial charge in [-0.25, -0.2) is 9.78 Å². The first kappa shape index (κ1) is 15.2. The molecule has 0 atom stereocenters. The SMILES string of the molecule is COC(=O)c1ccc(C(=O)Nc2nc3ccc(C)cc3s2)cc1. The quantitative estimate of drug-likeness (QED) is 0.746. The molecule has 0 fully saturated rings. The van der Waals surface area contributed by atoms with E-state index in [2.05, 4.69) is 15.0 Å². The summed E-state index contributed by atoms with van der Waals surface area (Å²) < 4.78 is 5.66. The summed E-state index contributed by atoms with van der Waals surface area (Å²) in [5.41, 5.74) is 2.86. The predicted molar refractivity (Wildman–Crippen MR) is 90.1 cm³/mol. The number of amides is 1. The van der Waals surface area contributed by atoms with E-state index in [1.165, 1.54) is 18.4 Å². The van der Waals surface area contributed by atoms with Gasteiger partial charge in [0.1, 0.15) is 0 Å². The molecule has 0 spiro atoms. The highest BCUT2D eigenvalue weighted by molar-refractivity contribution is 7.22. The Bertz CT molecular complexity index is 884. The van der Waals surface area contributed by atoms with Crippen LogP contribution in [0.15, 0.2) is 42.5 Å². The van der Waals surface area contributed by atoms with Crippen LogP contribution < -0.4 is 5.32 Å². The number of methoxy groups -OCH3 is 1. The molecule has 116 valence electrons. The van der Waals surface area contributed by atoms with Gasteiger partial charge in [-0.15, -0.1) is 0 Å². The zero-order chi connectivity index (χ0) is 16.4. The first-order valence-electron chi connectivity index (χ1n) is 6.94. The molecule has 23 heavy (non-hydrogen) atoms. The van der Waals surface area contributed by atoms with E-state index in [0.29, 0.717) is 16.3 Å². The molecule has 6 heteroatoms. The van der Waals surface area contributed by atoms with Gasteiger partial charge in [0.05, 0.1) is 22.9 Å². The molecule has 0 radical (unpaired) electrons. The largest absolute Gasteiger partial charge is 0.465 e. The van der Waals surface area contributed by atoms with Crippen LogP contribution in [0.4, 0.5) is 5.13 Å². The van der Waals surface area contributed by atoms with Crippen molar-refractivity contribution in [3.05, 3.63) is 59.2 Å². The van der Waals surface area contributed by atoms with E-state index in [9.17, 15) is 9.59 Å². The Morgan fingerprint density at radius 3 is 2.48 bits per heavy atom. The Balaban J connectivity index is 1.78. The van der Waals surface area contributed by atoms with Crippen molar-refractivity contribution in [3.8, 4) is 0 Å². The highest BCUT2D eigenvalue weighted by atomic mass is 32.1. The molecule has 1 amide bonds. The normalized spacial score (nSPS) is 10.5. The summed E-state index contributed by atoms with van der Waals surface area (Å²) in [6, 6.07) is 12.2. The lowest BCUT2D eigenvalue weighted by atomic mass is 10.1. The number of anilines is 1. The highest BCUT2D eigenvalue weighted by Crippen LogP contribution is 2.27. The Morgan fingerprint density at radius 1 is 1.09 bits per heavy atom. The van der Waals surface area contributed by atoms with E-state index in [1.807, 2.05) is 25.1 Å². The molecule has 0 aliphatic heterocycles. The smallest absolute Gasteiger partial charge is 0.337 e. The third-order valence-corrected chi connectivity index (χ3v) is 4.27. The second-order valence-corrected chi connectivity index (χ2v) is 6.04. The number of carbonyl (C=O) groups excluding carboxylic acids is 2. The van der Waals surface area contributed by atoms with Crippen LogP contribution >= 0.6 is 11.3 Å². The lowest BCUT2D eigenvalue weighted by Crippen LogP contribution is -2.12. The van der Waals surface area contributed by atoms with Gasteiger partial charge in [-0.2, -0.15) is 0 Å². The Morgan fingerprint density at radius 2 is 1.78 bits per heavy atom. The van der Waals surface area contributed by atoms with E-state index in [4.69, 9.17) is 0 Å². The first-order chi connectivity index (χ1) is 11.1. The summed E-state index contributed by atoms with van der Waals surface area (Å²) in [4.78, 5) is 28.0.